The summed E-state index contributed by atoms with van der Waals surface area (Å²) in [5.74, 6) is 0.538. The summed E-state index contributed by atoms with van der Waals surface area (Å²) in [5.41, 5.74) is 6.92. The van der Waals surface area contributed by atoms with Gasteiger partial charge in [0.05, 0.1) is 0 Å². The number of hydrogen-bond donors (Lipinski definition) is 2. The summed E-state index contributed by atoms with van der Waals surface area (Å²) in [6.07, 6.45) is 3.05. The van der Waals surface area contributed by atoms with Gasteiger partial charge in [-0.15, -0.1) is 0 Å². The van der Waals surface area contributed by atoms with Gasteiger partial charge in [-0.2, -0.15) is 0 Å². The van der Waals surface area contributed by atoms with Gasteiger partial charge in [0.2, 0.25) is 0 Å². The molecule has 0 saturated carbocycles. The van der Waals surface area contributed by atoms with Crippen molar-refractivity contribution in [2.24, 2.45) is 0 Å². The number of aromatic nitrogens is 2. The molecule has 4 nitrogen and oxygen atoms in total. The first kappa shape index (κ1) is 10.4. The Morgan fingerprint density at radius 2 is 2.00 bits per heavy atom. The molecule has 82 valence electrons. The van der Waals surface area contributed by atoms with Crippen LogP contribution in [-0.4, -0.2) is 9.97 Å². The molecule has 1 heterocycles. The van der Waals surface area contributed by atoms with Crippen LogP contribution >= 0.6 is 0 Å². The zero-order valence-electron chi connectivity index (χ0n) is 8.74. The Hall–Kier alpha value is -2.17. The maximum absolute atomic E-state index is 13.0. The molecule has 2 rings (SSSR count). The number of rotatable bonds is 2. The molecule has 2 aromatic rings. The zero-order chi connectivity index (χ0) is 11.5. The fourth-order valence-corrected chi connectivity index (χ4v) is 1.30. The molecule has 0 aliphatic carbocycles. The molecule has 5 heteroatoms. The van der Waals surface area contributed by atoms with Crippen LogP contribution < -0.4 is 11.1 Å². The third-order valence-corrected chi connectivity index (χ3v) is 2.15. The van der Waals surface area contributed by atoms with E-state index in [1.165, 1.54) is 18.5 Å². The van der Waals surface area contributed by atoms with Crippen LogP contribution in [0, 0.1) is 12.7 Å². The van der Waals surface area contributed by atoms with Gasteiger partial charge in [-0.1, -0.05) is 0 Å². The van der Waals surface area contributed by atoms with Crippen molar-refractivity contribution >= 4 is 17.3 Å². The molecule has 0 fully saturated rings. The third-order valence-electron chi connectivity index (χ3n) is 2.15. The van der Waals surface area contributed by atoms with Crippen LogP contribution in [0.2, 0.25) is 0 Å². The van der Waals surface area contributed by atoms with Gasteiger partial charge in [0.15, 0.2) is 11.6 Å². The smallest absolute Gasteiger partial charge is 0.173 e. The highest BCUT2D eigenvalue weighted by molar-refractivity contribution is 5.65. The molecule has 1 aromatic heterocycles. The summed E-state index contributed by atoms with van der Waals surface area (Å²) in [7, 11) is 0. The first-order valence-corrected chi connectivity index (χ1v) is 4.76. The van der Waals surface area contributed by atoms with E-state index in [2.05, 4.69) is 15.3 Å². The number of anilines is 3. The van der Waals surface area contributed by atoms with Gasteiger partial charge in [-0.3, -0.25) is 0 Å². The van der Waals surface area contributed by atoms with Crippen molar-refractivity contribution in [1.82, 2.24) is 9.97 Å². The van der Waals surface area contributed by atoms with Crippen LogP contribution in [0.5, 0.6) is 0 Å². The number of nitrogen functional groups attached to an aromatic ring is 1. The minimum absolute atomic E-state index is 0.238. The number of nitrogens with one attached hydrogen (secondary N) is 1. The number of benzene rings is 1. The van der Waals surface area contributed by atoms with Crippen molar-refractivity contribution in [1.29, 1.82) is 0 Å². The first-order chi connectivity index (χ1) is 7.66. The summed E-state index contributed by atoms with van der Waals surface area (Å²) in [6, 6.07) is 4.70. The second-order valence-corrected chi connectivity index (χ2v) is 3.38. The second kappa shape index (κ2) is 4.14. The molecule has 3 N–H and O–H groups in total. The maximum atomic E-state index is 13.0. The maximum Gasteiger partial charge on any atom is 0.173 e. The van der Waals surface area contributed by atoms with Gasteiger partial charge in [0.1, 0.15) is 5.82 Å². The van der Waals surface area contributed by atoms with Crippen LogP contribution in [0.3, 0.4) is 0 Å². The molecule has 1 aromatic carbocycles. The van der Waals surface area contributed by atoms with Crippen LogP contribution in [-0.2, 0) is 0 Å². The molecule has 0 saturated heterocycles. The van der Waals surface area contributed by atoms with Crippen LogP contribution in [0.1, 0.15) is 5.56 Å². The summed E-state index contributed by atoms with van der Waals surface area (Å²) >= 11 is 0. The van der Waals surface area contributed by atoms with E-state index >= 15 is 0 Å². The predicted octanol–water partition coefficient (Wildman–Crippen LogP) is 2.25. The number of hydrogen-bond acceptors (Lipinski definition) is 4. The summed E-state index contributed by atoms with van der Waals surface area (Å²) in [4.78, 5) is 7.93. The standard InChI is InChI=1S/C11H11FN4/c1-7-6-8(2-3-9(7)12)16-11-10(13)14-4-5-15-11/h2-6H,1H3,(H2,13,14)(H,15,16). The van der Waals surface area contributed by atoms with Crippen molar-refractivity contribution in [2.75, 3.05) is 11.1 Å². The highest BCUT2D eigenvalue weighted by atomic mass is 19.1. The average molecular weight is 218 g/mol. The normalized spacial score (nSPS) is 10.1. The number of nitrogens with two attached hydrogens (primary N) is 1. The summed E-state index contributed by atoms with van der Waals surface area (Å²) in [5, 5.41) is 2.97. The minimum Gasteiger partial charge on any atom is -0.381 e. The third kappa shape index (κ3) is 2.08. The van der Waals surface area contributed by atoms with E-state index in [9.17, 15) is 4.39 Å². The number of nitrogens with zero attached hydrogens (tertiary/aromatic N) is 2. The Morgan fingerprint density at radius 3 is 2.69 bits per heavy atom. The Balaban J connectivity index is 2.28. The monoisotopic (exact) mass is 218 g/mol. The van der Waals surface area contributed by atoms with Crippen LogP contribution in [0.25, 0.3) is 0 Å². The Morgan fingerprint density at radius 1 is 1.25 bits per heavy atom. The SMILES string of the molecule is Cc1cc(Nc2nccnc2N)ccc1F. The van der Waals surface area contributed by atoms with Crippen LogP contribution in [0.15, 0.2) is 30.6 Å². The molecular formula is C11H11FN4. The molecule has 16 heavy (non-hydrogen) atoms. The van der Waals surface area contributed by atoms with E-state index in [1.807, 2.05) is 0 Å². The largest absolute Gasteiger partial charge is 0.381 e. The first-order valence-electron chi connectivity index (χ1n) is 4.76. The molecule has 0 aliphatic heterocycles. The van der Waals surface area contributed by atoms with Crippen molar-refractivity contribution < 1.29 is 4.39 Å². The fraction of sp³-hybridized carbons (Fsp3) is 0.0909. The molecule has 0 atom stereocenters. The second-order valence-electron chi connectivity index (χ2n) is 3.38. The lowest BCUT2D eigenvalue weighted by atomic mass is 10.2. The van der Waals surface area contributed by atoms with E-state index in [-0.39, 0.29) is 5.82 Å². The fourth-order valence-electron chi connectivity index (χ4n) is 1.30. The van der Waals surface area contributed by atoms with Gasteiger partial charge in [-0.05, 0) is 30.7 Å². The lowest BCUT2D eigenvalue weighted by Gasteiger charge is -2.07. The van der Waals surface area contributed by atoms with Crippen LogP contribution in [0.4, 0.5) is 21.7 Å². The molecule has 0 bridgehead atoms. The van der Waals surface area contributed by atoms with E-state index in [0.29, 0.717) is 17.2 Å². The quantitative estimate of drug-likeness (QED) is 0.811. The van der Waals surface area contributed by atoms with Gasteiger partial charge in [-0.25, -0.2) is 14.4 Å². The van der Waals surface area contributed by atoms with Gasteiger partial charge < -0.3 is 11.1 Å². The van der Waals surface area contributed by atoms with Crippen molar-refractivity contribution in [3.8, 4) is 0 Å². The number of aryl methyl sites for hydroxylation is 1. The van der Waals surface area contributed by atoms with Crippen molar-refractivity contribution in [3.63, 3.8) is 0 Å². The van der Waals surface area contributed by atoms with E-state index in [0.717, 1.165) is 5.69 Å². The highest BCUT2D eigenvalue weighted by Gasteiger charge is 2.03. The van der Waals surface area contributed by atoms with E-state index < -0.39 is 0 Å². The summed E-state index contributed by atoms with van der Waals surface area (Å²) < 4.78 is 13.0. The van der Waals surface area contributed by atoms with E-state index in [1.54, 1.807) is 19.1 Å². The van der Waals surface area contributed by atoms with Gasteiger partial charge >= 0.3 is 0 Å². The molecule has 0 radical (unpaired) electrons. The Bertz CT molecular complexity index is 513. The molecule has 0 aliphatic rings. The topological polar surface area (TPSA) is 63.8 Å². The van der Waals surface area contributed by atoms with Gasteiger partial charge in [0, 0.05) is 18.1 Å². The molecule has 0 spiro atoms. The molecular weight excluding hydrogens is 207 g/mol. The molecule has 0 unspecified atom stereocenters. The van der Waals surface area contributed by atoms with Gasteiger partial charge in [0.25, 0.3) is 0 Å². The molecule has 0 amide bonds. The number of halogens is 1. The Labute approximate surface area is 92.3 Å². The van der Waals surface area contributed by atoms with Crippen molar-refractivity contribution in [3.05, 3.63) is 42.0 Å². The Kier molecular flexibility index (Phi) is 2.68. The average Bonchev–Trinajstić information content (AvgIpc) is 2.27. The van der Waals surface area contributed by atoms with Crippen molar-refractivity contribution in [2.45, 2.75) is 6.92 Å². The minimum atomic E-state index is -0.238. The zero-order valence-corrected chi connectivity index (χ0v) is 8.74. The summed E-state index contributed by atoms with van der Waals surface area (Å²) in [6.45, 7) is 1.69. The lowest BCUT2D eigenvalue weighted by molar-refractivity contribution is 0.619. The van der Waals surface area contributed by atoms with E-state index in [4.69, 9.17) is 5.73 Å². The lowest BCUT2D eigenvalue weighted by Crippen LogP contribution is -2.01. The highest BCUT2D eigenvalue weighted by Crippen LogP contribution is 2.20. The predicted molar refractivity (Wildman–Crippen MR) is 60.9 cm³/mol.